The summed E-state index contributed by atoms with van der Waals surface area (Å²) in [7, 11) is 0. The van der Waals surface area contributed by atoms with Crippen molar-refractivity contribution in [2.75, 3.05) is 13.3 Å². The first-order valence-corrected chi connectivity index (χ1v) is 15.2. The van der Waals surface area contributed by atoms with Crippen LogP contribution in [0.3, 0.4) is 0 Å². The third-order valence-corrected chi connectivity index (χ3v) is 6.67. The number of aromatic nitrogens is 1. The van der Waals surface area contributed by atoms with Crippen molar-refractivity contribution in [3.8, 4) is 11.3 Å². The normalized spacial score (nSPS) is 14.8. The number of nitrogens with zero attached hydrogens (tertiary/aromatic N) is 3. The highest BCUT2D eigenvalue weighted by molar-refractivity contribution is 5.75. The number of halogens is 1. The Bertz CT molecular complexity index is 1330. The maximum Gasteiger partial charge on any atom is 0.145 e. The summed E-state index contributed by atoms with van der Waals surface area (Å²) in [6.45, 7) is 21.7. The zero-order valence-electron chi connectivity index (χ0n) is 26.8. The second-order valence-electron chi connectivity index (χ2n) is 9.88. The third-order valence-electron chi connectivity index (χ3n) is 6.67. The molecule has 1 fully saturated rings. The van der Waals surface area contributed by atoms with Crippen LogP contribution in [0.5, 0.6) is 0 Å². The first-order valence-electron chi connectivity index (χ1n) is 15.2. The molecule has 1 aliphatic rings. The first-order chi connectivity index (χ1) is 20.4. The molecule has 0 saturated carbocycles. The molecule has 0 amide bonds. The summed E-state index contributed by atoms with van der Waals surface area (Å²) in [5.41, 5.74) is 9.35. The minimum absolute atomic E-state index is 0.172. The molecular formula is C36H49FN4O. The fourth-order valence-corrected chi connectivity index (χ4v) is 4.64. The van der Waals surface area contributed by atoms with Crippen molar-refractivity contribution in [3.05, 3.63) is 101 Å². The minimum atomic E-state index is -0.249. The third kappa shape index (κ3) is 9.74. The van der Waals surface area contributed by atoms with Crippen molar-refractivity contribution in [3.63, 3.8) is 0 Å². The zero-order valence-corrected chi connectivity index (χ0v) is 26.8. The lowest BCUT2D eigenvalue weighted by Crippen LogP contribution is -2.18. The molecule has 1 aliphatic heterocycles. The number of aliphatic imine (C=N–C) groups is 1. The molecule has 3 aromatic rings. The maximum absolute atomic E-state index is 13.6. The van der Waals surface area contributed by atoms with Crippen molar-refractivity contribution < 1.29 is 9.23 Å². The van der Waals surface area contributed by atoms with Gasteiger partial charge in [0.25, 0.3) is 0 Å². The van der Waals surface area contributed by atoms with Gasteiger partial charge in [-0.15, -0.1) is 0 Å². The number of hydroxylamine groups is 2. The summed E-state index contributed by atoms with van der Waals surface area (Å²) in [6.07, 6.45) is 8.40. The number of allylic oxidation sites excluding steroid dienone is 2. The van der Waals surface area contributed by atoms with Crippen LogP contribution in [0, 0.1) is 19.7 Å². The Labute approximate surface area is 253 Å². The molecule has 6 heteroatoms. The van der Waals surface area contributed by atoms with E-state index in [9.17, 15) is 4.39 Å². The Morgan fingerprint density at radius 2 is 1.79 bits per heavy atom. The van der Waals surface area contributed by atoms with E-state index < -0.39 is 0 Å². The van der Waals surface area contributed by atoms with Gasteiger partial charge in [0.1, 0.15) is 12.5 Å². The van der Waals surface area contributed by atoms with Crippen molar-refractivity contribution >= 4 is 17.6 Å². The molecule has 0 radical (unpaired) electrons. The van der Waals surface area contributed by atoms with Gasteiger partial charge in [-0.1, -0.05) is 65.8 Å². The molecule has 5 nitrogen and oxygen atoms in total. The summed E-state index contributed by atoms with van der Waals surface area (Å²) in [6, 6.07) is 15.2. The van der Waals surface area contributed by atoms with Crippen molar-refractivity contribution in [2.24, 2.45) is 4.99 Å². The van der Waals surface area contributed by atoms with E-state index in [1.165, 1.54) is 24.1 Å². The molecule has 0 spiro atoms. The second-order valence-corrected chi connectivity index (χ2v) is 9.88. The van der Waals surface area contributed by atoms with Gasteiger partial charge >= 0.3 is 0 Å². The largest absolute Gasteiger partial charge is 0.384 e. The fourth-order valence-electron chi connectivity index (χ4n) is 4.64. The zero-order chi connectivity index (χ0) is 31.1. The molecular weight excluding hydrogens is 523 g/mol. The minimum Gasteiger partial charge on any atom is -0.384 e. The fraction of sp³-hybridized carbons (Fsp3) is 0.389. The summed E-state index contributed by atoms with van der Waals surface area (Å²) in [5, 5.41) is 5.59. The molecule has 2 heterocycles. The van der Waals surface area contributed by atoms with Gasteiger partial charge in [-0.25, -0.2) is 4.39 Å². The number of benzene rings is 2. The molecule has 2 aromatic carbocycles. The van der Waals surface area contributed by atoms with Gasteiger partial charge in [0.05, 0.1) is 17.4 Å². The summed E-state index contributed by atoms with van der Waals surface area (Å²) < 4.78 is 13.6. The number of pyridine rings is 1. The monoisotopic (exact) mass is 572 g/mol. The van der Waals surface area contributed by atoms with Crippen molar-refractivity contribution in [1.29, 1.82) is 0 Å². The predicted octanol–water partition coefficient (Wildman–Crippen LogP) is 9.68. The van der Waals surface area contributed by atoms with Gasteiger partial charge in [-0.05, 0) is 91.9 Å². The van der Waals surface area contributed by atoms with Crippen molar-refractivity contribution in [1.82, 2.24) is 15.4 Å². The highest BCUT2D eigenvalue weighted by Gasteiger charge is 2.31. The molecule has 226 valence electrons. The average Bonchev–Trinajstić information content (AvgIpc) is 3.84. The van der Waals surface area contributed by atoms with E-state index in [1.807, 2.05) is 31.9 Å². The van der Waals surface area contributed by atoms with E-state index in [1.54, 1.807) is 24.4 Å². The number of hydrogen-bond acceptors (Lipinski definition) is 5. The van der Waals surface area contributed by atoms with Gasteiger partial charge in [-0.3, -0.25) is 14.8 Å². The van der Waals surface area contributed by atoms with Crippen LogP contribution in [0.1, 0.15) is 88.4 Å². The van der Waals surface area contributed by atoms with Gasteiger partial charge in [0.2, 0.25) is 0 Å². The van der Waals surface area contributed by atoms with Gasteiger partial charge in [0.15, 0.2) is 0 Å². The maximum atomic E-state index is 13.6. The molecule has 4 rings (SSSR count). The van der Waals surface area contributed by atoms with Crippen LogP contribution in [-0.2, 0) is 11.3 Å². The molecule has 2 atom stereocenters. The lowest BCUT2D eigenvalue weighted by Gasteiger charge is -2.20. The Morgan fingerprint density at radius 1 is 1.12 bits per heavy atom. The molecule has 1 aromatic heterocycles. The van der Waals surface area contributed by atoms with Gasteiger partial charge < -0.3 is 5.32 Å². The molecule has 1 N–H and O–H groups in total. The van der Waals surface area contributed by atoms with Crippen LogP contribution in [0.25, 0.3) is 17.0 Å². The lowest BCUT2D eigenvalue weighted by atomic mass is 9.94. The Balaban J connectivity index is 0.00000116. The van der Waals surface area contributed by atoms with E-state index >= 15 is 0 Å². The Kier molecular flexibility index (Phi) is 14.9. The molecule has 1 saturated heterocycles. The summed E-state index contributed by atoms with van der Waals surface area (Å²) in [5.74, 6) is -0.249. The van der Waals surface area contributed by atoms with Crippen molar-refractivity contribution in [2.45, 2.75) is 80.7 Å². The topological polar surface area (TPSA) is 52.8 Å². The van der Waals surface area contributed by atoms with Gasteiger partial charge in [-0.2, -0.15) is 5.06 Å². The summed E-state index contributed by atoms with van der Waals surface area (Å²) >= 11 is 0. The quantitative estimate of drug-likeness (QED) is 0.184. The lowest BCUT2D eigenvalue weighted by molar-refractivity contribution is 0.143. The Hall–Kier alpha value is -3.61. The second kappa shape index (κ2) is 18.0. The summed E-state index contributed by atoms with van der Waals surface area (Å²) in [4.78, 5) is 15.0. The molecule has 2 unspecified atom stereocenters. The van der Waals surface area contributed by atoms with E-state index in [2.05, 4.69) is 75.8 Å². The number of rotatable bonds is 11. The molecule has 0 bridgehead atoms. The van der Waals surface area contributed by atoms with Gasteiger partial charge in [0, 0.05) is 36.1 Å². The number of nitrogens with one attached hydrogen (secondary N) is 1. The Morgan fingerprint density at radius 3 is 2.33 bits per heavy atom. The van der Waals surface area contributed by atoms with Crippen LogP contribution in [0.15, 0.2) is 72.3 Å². The van der Waals surface area contributed by atoms with Crippen LogP contribution in [0.4, 0.5) is 10.1 Å². The van der Waals surface area contributed by atoms with E-state index in [-0.39, 0.29) is 11.9 Å². The first kappa shape index (κ1) is 34.6. The van der Waals surface area contributed by atoms with Crippen LogP contribution in [-0.4, -0.2) is 29.5 Å². The molecule has 42 heavy (non-hydrogen) atoms. The number of hydrogen-bond donors (Lipinski definition) is 1. The van der Waals surface area contributed by atoms with Crippen LogP contribution in [0.2, 0.25) is 0 Å². The van der Waals surface area contributed by atoms with E-state index in [0.717, 1.165) is 64.4 Å². The SMILES string of the molecule is C=CC=Nc1ccc(/C(=C/C)NCCc2cc(C(CC)N3CO3)c(C)c(-c3ccc(F)cc3)n2)cc1C.CC.CCC. The van der Waals surface area contributed by atoms with Crippen LogP contribution < -0.4 is 5.32 Å². The van der Waals surface area contributed by atoms with E-state index in [4.69, 9.17) is 9.82 Å². The molecule has 0 aliphatic carbocycles. The highest BCUT2D eigenvalue weighted by Crippen LogP contribution is 2.36. The highest BCUT2D eigenvalue weighted by atomic mass is 19.1. The van der Waals surface area contributed by atoms with E-state index in [0.29, 0.717) is 6.73 Å². The average molecular weight is 573 g/mol. The van der Waals surface area contributed by atoms with Crippen LogP contribution >= 0.6 is 0 Å². The predicted molar refractivity (Wildman–Crippen MR) is 177 cm³/mol. The smallest absolute Gasteiger partial charge is 0.145 e. The standard InChI is InChI=1S/C31H35FN4O.C3H8.C2H6/c1-6-16-33-29-14-11-24(18-21(29)4)28(7-2)34-17-15-26-19-27(30(8-3)36-20-37-36)22(5)31(35-26)23-9-12-25(32)13-10-23;1-3-2;1-2/h6-7,9-14,16,18-19,30,34H,1,8,15,17,20H2,2-5H3;3H2,1-2H3;1-2H3/b28-7-,33-16?;;. The number of aryl methyl sites for hydroxylation is 1.